The van der Waals surface area contributed by atoms with E-state index in [2.05, 4.69) is 4.74 Å². The van der Waals surface area contributed by atoms with Crippen LogP contribution in [0.25, 0.3) is 0 Å². The van der Waals surface area contributed by atoms with E-state index in [1.165, 1.54) is 0 Å². The highest BCUT2D eigenvalue weighted by Gasteiger charge is 2.57. The Bertz CT molecular complexity index is 99.2. The van der Waals surface area contributed by atoms with E-state index in [0.29, 0.717) is 0 Å². The van der Waals surface area contributed by atoms with Crippen molar-refractivity contribution in [1.82, 2.24) is 0 Å². The minimum atomic E-state index is -4.39. The van der Waals surface area contributed by atoms with Gasteiger partial charge in [0.05, 0.1) is 0 Å². The van der Waals surface area contributed by atoms with Crippen LogP contribution in [0.15, 0.2) is 0 Å². The molecule has 2 atom stereocenters. The molecule has 48 valence electrons. The number of hydrogen-bond donors (Lipinski definition) is 1. The van der Waals surface area contributed by atoms with Crippen molar-refractivity contribution >= 4 is 0 Å². The standard InChI is InChI=1S/C3H3F3O2/c4-3(5,6)1-2(7)8-1/h1-2,7H. The second kappa shape index (κ2) is 1.35. The van der Waals surface area contributed by atoms with E-state index in [1.54, 1.807) is 0 Å². The van der Waals surface area contributed by atoms with Gasteiger partial charge in [0.15, 0.2) is 6.29 Å². The predicted molar refractivity (Wildman–Crippen MR) is 16.9 cm³/mol. The first kappa shape index (κ1) is 5.84. The van der Waals surface area contributed by atoms with Gasteiger partial charge in [-0.3, -0.25) is 0 Å². The van der Waals surface area contributed by atoms with Crippen LogP contribution in [0.1, 0.15) is 0 Å². The molecule has 1 heterocycles. The first-order valence-corrected chi connectivity index (χ1v) is 1.92. The molecule has 0 aromatic heterocycles. The van der Waals surface area contributed by atoms with Crippen LogP contribution in [0.3, 0.4) is 0 Å². The molecule has 2 nitrogen and oxygen atoms in total. The third-order valence-corrected chi connectivity index (χ3v) is 0.791. The predicted octanol–water partition coefficient (Wildman–Crippen LogP) is 0.266. The zero-order chi connectivity index (χ0) is 6.36. The molecule has 0 bridgehead atoms. The second-order valence-corrected chi connectivity index (χ2v) is 1.49. The highest BCUT2D eigenvalue weighted by molar-refractivity contribution is 4.82. The van der Waals surface area contributed by atoms with Crippen molar-refractivity contribution in [3.05, 3.63) is 0 Å². The molecule has 0 aliphatic carbocycles. The highest BCUT2D eigenvalue weighted by Crippen LogP contribution is 2.35. The molecule has 0 aromatic carbocycles. The van der Waals surface area contributed by atoms with Gasteiger partial charge < -0.3 is 9.84 Å². The van der Waals surface area contributed by atoms with Gasteiger partial charge in [-0.05, 0) is 0 Å². The fourth-order valence-electron chi connectivity index (χ4n) is 0.344. The number of epoxide rings is 1. The van der Waals surface area contributed by atoms with Crippen LogP contribution < -0.4 is 0 Å². The van der Waals surface area contributed by atoms with Crippen molar-refractivity contribution in [2.45, 2.75) is 18.6 Å². The molecule has 1 fully saturated rings. The summed E-state index contributed by atoms with van der Waals surface area (Å²) in [7, 11) is 0. The monoisotopic (exact) mass is 128 g/mol. The fraction of sp³-hybridized carbons (Fsp3) is 1.00. The molecule has 1 rings (SSSR count). The molecule has 0 aromatic rings. The molecule has 0 spiro atoms. The average Bonchev–Trinajstić information content (AvgIpc) is 2.13. The Morgan fingerprint density at radius 3 is 1.75 bits per heavy atom. The van der Waals surface area contributed by atoms with Gasteiger partial charge in [-0.15, -0.1) is 0 Å². The lowest BCUT2D eigenvalue weighted by Gasteiger charge is -1.96. The van der Waals surface area contributed by atoms with Crippen LogP contribution in [0, 0.1) is 0 Å². The zero-order valence-corrected chi connectivity index (χ0v) is 3.64. The summed E-state index contributed by atoms with van der Waals surface area (Å²) >= 11 is 0. The van der Waals surface area contributed by atoms with Gasteiger partial charge >= 0.3 is 6.18 Å². The Hall–Kier alpha value is -0.290. The van der Waals surface area contributed by atoms with Gasteiger partial charge in [-0.1, -0.05) is 0 Å². The number of hydrogen-bond acceptors (Lipinski definition) is 2. The van der Waals surface area contributed by atoms with Gasteiger partial charge in [0.1, 0.15) is 0 Å². The van der Waals surface area contributed by atoms with Crippen molar-refractivity contribution in [3.63, 3.8) is 0 Å². The molecule has 1 aliphatic rings. The van der Waals surface area contributed by atoms with Crippen LogP contribution in [-0.4, -0.2) is 23.7 Å². The highest BCUT2D eigenvalue weighted by atomic mass is 19.4. The van der Waals surface area contributed by atoms with E-state index in [9.17, 15) is 13.2 Å². The molecule has 0 amide bonds. The maximum absolute atomic E-state index is 11.2. The summed E-state index contributed by atoms with van der Waals surface area (Å²) in [5.74, 6) is 0. The van der Waals surface area contributed by atoms with E-state index < -0.39 is 18.6 Å². The van der Waals surface area contributed by atoms with Crippen molar-refractivity contribution in [2.75, 3.05) is 0 Å². The SMILES string of the molecule is OC1OC1C(F)(F)F. The van der Waals surface area contributed by atoms with Gasteiger partial charge in [-0.2, -0.15) is 13.2 Å². The van der Waals surface area contributed by atoms with E-state index in [0.717, 1.165) is 0 Å². The molecule has 8 heavy (non-hydrogen) atoms. The van der Waals surface area contributed by atoms with Gasteiger partial charge in [-0.25, -0.2) is 0 Å². The largest absolute Gasteiger partial charge is 0.419 e. The molecule has 5 heteroatoms. The maximum atomic E-state index is 11.2. The average molecular weight is 128 g/mol. The molecule has 1 saturated heterocycles. The fourth-order valence-corrected chi connectivity index (χ4v) is 0.344. The molecule has 1 N–H and O–H groups in total. The summed E-state index contributed by atoms with van der Waals surface area (Å²) in [6, 6.07) is 0. The number of alkyl halides is 3. The number of halogens is 3. The zero-order valence-electron chi connectivity index (χ0n) is 3.64. The minimum absolute atomic E-state index is 1.62. The van der Waals surface area contributed by atoms with Crippen LogP contribution in [0.4, 0.5) is 13.2 Å². The molecule has 0 saturated carbocycles. The van der Waals surface area contributed by atoms with Gasteiger partial charge in [0.25, 0.3) is 0 Å². The maximum Gasteiger partial charge on any atom is 0.419 e. The van der Waals surface area contributed by atoms with Crippen molar-refractivity contribution in [3.8, 4) is 0 Å². The van der Waals surface area contributed by atoms with Crippen molar-refractivity contribution in [1.29, 1.82) is 0 Å². The summed E-state index contributed by atoms with van der Waals surface area (Å²) in [5, 5.41) is 8.02. The lowest BCUT2D eigenvalue weighted by molar-refractivity contribution is -0.147. The van der Waals surface area contributed by atoms with Crippen LogP contribution in [0.5, 0.6) is 0 Å². The van der Waals surface area contributed by atoms with Crippen LogP contribution in [0.2, 0.25) is 0 Å². The topological polar surface area (TPSA) is 32.8 Å². The van der Waals surface area contributed by atoms with E-state index >= 15 is 0 Å². The van der Waals surface area contributed by atoms with E-state index in [-0.39, 0.29) is 0 Å². The first-order valence-electron chi connectivity index (χ1n) is 1.92. The normalized spacial score (nSPS) is 37.5. The van der Waals surface area contributed by atoms with Crippen LogP contribution >= 0.6 is 0 Å². The molecule has 0 radical (unpaired) electrons. The lowest BCUT2D eigenvalue weighted by Crippen LogP contribution is -2.18. The summed E-state index contributed by atoms with van der Waals surface area (Å²) in [5.41, 5.74) is 0. The summed E-state index contributed by atoms with van der Waals surface area (Å²) < 4.78 is 37.3. The number of ether oxygens (including phenoxy) is 1. The Labute approximate surface area is 42.9 Å². The third-order valence-electron chi connectivity index (χ3n) is 0.791. The van der Waals surface area contributed by atoms with Gasteiger partial charge in [0.2, 0.25) is 6.10 Å². The Morgan fingerprint density at radius 2 is 1.75 bits per heavy atom. The van der Waals surface area contributed by atoms with Crippen molar-refractivity contribution < 1.29 is 23.0 Å². The van der Waals surface area contributed by atoms with Crippen molar-refractivity contribution in [2.24, 2.45) is 0 Å². The molecular formula is C3H3F3O2. The quantitative estimate of drug-likeness (QED) is 0.475. The first-order chi connectivity index (χ1) is 3.52. The number of rotatable bonds is 0. The molecular weight excluding hydrogens is 125 g/mol. The molecule has 2 unspecified atom stereocenters. The Balaban J connectivity index is 2.39. The molecule has 1 aliphatic heterocycles. The number of aliphatic hydroxyl groups is 1. The Morgan fingerprint density at radius 1 is 1.38 bits per heavy atom. The van der Waals surface area contributed by atoms with E-state index in [1.807, 2.05) is 0 Å². The number of aliphatic hydroxyl groups excluding tert-OH is 1. The third kappa shape index (κ3) is 0.924. The Kier molecular flexibility index (Phi) is 0.989. The van der Waals surface area contributed by atoms with Crippen LogP contribution in [-0.2, 0) is 4.74 Å². The van der Waals surface area contributed by atoms with Gasteiger partial charge in [0, 0.05) is 0 Å². The summed E-state index contributed by atoms with van der Waals surface area (Å²) in [6.07, 6.45) is -7.93. The lowest BCUT2D eigenvalue weighted by atomic mass is 10.4. The minimum Gasteiger partial charge on any atom is -0.366 e. The smallest absolute Gasteiger partial charge is 0.366 e. The second-order valence-electron chi connectivity index (χ2n) is 1.49. The summed E-state index contributed by atoms with van der Waals surface area (Å²) in [6.45, 7) is 0. The van der Waals surface area contributed by atoms with E-state index in [4.69, 9.17) is 5.11 Å². The summed E-state index contributed by atoms with van der Waals surface area (Å²) in [4.78, 5) is 0.